The summed E-state index contributed by atoms with van der Waals surface area (Å²) in [6, 6.07) is 0.456. The third kappa shape index (κ3) is 12.6. The lowest BCUT2D eigenvalue weighted by Crippen LogP contribution is -2.45. The van der Waals surface area contributed by atoms with Crippen LogP contribution in [-0.2, 0) is 4.74 Å². The number of nitrogens with zero attached hydrogens (tertiary/aromatic N) is 1. The van der Waals surface area contributed by atoms with E-state index in [0.29, 0.717) is 31.0 Å². The van der Waals surface area contributed by atoms with Gasteiger partial charge in [-0.15, -0.1) is 0 Å². The molecule has 0 bridgehead atoms. The van der Waals surface area contributed by atoms with Gasteiger partial charge >= 0.3 is 6.09 Å². The molecule has 1 atom stereocenters. The van der Waals surface area contributed by atoms with Crippen molar-refractivity contribution < 1.29 is 14.6 Å². The van der Waals surface area contributed by atoms with Crippen molar-refractivity contribution >= 4 is 6.09 Å². The van der Waals surface area contributed by atoms with Crippen LogP contribution in [0.5, 0.6) is 0 Å². The van der Waals surface area contributed by atoms with Crippen LogP contribution in [0.2, 0.25) is 0 Å². The molecule has 0 aliphatic heterocycles. The van der Waals surface area contributed by atoms with E-state index in [-0.39, 0.29) is 12.6 Å². The van der Waals surface area contributed by atoms with Gasteiger partial charge in [-0.2, -0.15) is 0 Å². The molecule has 0 saturated heterocycles. The second kappa shape index (κ2) is 10.9. The van der Waals surface area contributed by atoms with E-state index in [9.17, 15) is 9.90 Å². The number of aliphatic hydroxyl groups is 1. The van der Waals surface area contributed by atoms with Crippen LogP contribution in [0.25, 0.3) is 0 Å². The minimum Gasteiger partial charge on any atom is -0.444 e. The SMILES string of the molecule is CC(C)CC(CC(C)C)NCCN(CC(C)O)C(=O)OC(C)(C)C. The average molecular weight is 345 g/mol. The van der Waals surface area contributed by atoms with Crippen molar-refractivity contribution in [3.63, 3.8) is 0 Å². The van der Waals surface area contributed by atoms with E-state index < -0.39 is 11.7 Å². The molecule has 0 rings (SSSR count). The Morgan fingerprint density at radius 2 is 1.58 bits per heavy atom. The van der Waals surface area contributed by atoms with Crippen molar-refractivity contribution in [2.45, 2.75) is 86.0 Å². The maximum absolute atomic E-state index is 12.3. The fourth-order valence-corrected chi connectivity index (χ4v) is 2.71. The molecule has 0 radical (unpaired) electrons. The quantitative estimate of drug-likeness (QED) is 0.635. The van der Waals surface area contributed by atoms with Crippen molar-refractivity contribution in [2.24, 2.45) is 11.8 Å². The highest BCUT2D eigenvalue weighted by Crippen LogP contribution is 2.14. The maximum Gasteiger partial charge on any atom is 0.410 e. The molecule has 0 aromatic heterocycles. The molecule has 0 aromatic carbocycles. The van der Waals surface area contributed by atoms with Crippen molar-refractivity contribution in [3.8, 4) is 0 Å². The Morgan fingerprint density at radius 1 is 1.08 bits per heavy atom. The van der Waals surface area contributed by atoms with E-state index in [1.54, 1.807) is 11.8 Å². The first kappa shape index (κ1) is 23.2. The van der Waals surface area contributed by atoms with Crippen molar-refractivity contribution in [1.29, 1.82) is 0 Å². The molecule has 0 fully saturated rings. The van der Waals surface area contributed by atoms with E-state index in [1.165, 1.54) is 0 Å². The summed E-state index contributed by atoms with van der Waals surface area (Å²) in [5, 5.41) is 13.2. The summed E-state index contributed by atoms with van der Waals surface area (Å²) >= 11 is 0. The van der Waals surface area contributed by atoms with Gasteiger partial charge in [0, 0.05) is 25.7 Å². The Bertz CT molecular complexity index is 339. The van der Waals surface area contributed by atoms with Crippen LogP contribution in [0.1, 0.15) is 68.2 Å². The van der Waals surface area contributed by atoms with Gasteiger partial charge in [0.1, 0.15) is 5.60 Å². The lowest BCUT2D eigenvalue weighted by Gasteiger charge is -2.29. The zero-order valence-electron chi connectivity index (χ0n) is 17.1. The number of carbonyl (C=O) groups excluding carboxylic acids is 1. The van der Waals surface area contributed by atoms with Crippen LogP contribution < -0.4 is 5.32 Å². The molecule has 1 amide bonds. The molecular formula is C19H40N2O3. The first-order valence-electron chi connectivity index (χ1n) is 9.30. The van der Waals surface area contributed by atoms with E-state index >= 15 is 0 Å². The van der Waals surface area contributed by atoms with Crippen LogP contribution in [-0.4, -0.2) is 53.5 Å². The van der Waals surface area contributed by atoms with Crippen LogP contribution in [0.4, 0.5) is 4.79 Å². The lowest BCUT2D eigenvalue weighted by molar-refractivity contribution is 0.0162. The van der Waals surface area contributed by atoms with Gasteiger partial charge in [0.25, 0.3) is 0 Å². The summed E-state index contributed by atoms with van der Waals surface area (Å²) in [7, 11) is 0. The normalized spacial score (nSPS) is 13.7. The van der Waals surface area contributed by atoms with E-state index in [2.05, 4.69) is 33.0 Å². The molecule has 24 heavy (non-hydrogen) atoms. The lowest BCUT2D eigenvalue weighted by atomic mass is 9.95. The summed E-state index contributed by atoms with van der Waals surface area (Å²) in [5.74, 6) is 1.28. The molecule has 0 saturated carbocycles. The Morgan fingerprint density at radius 3 is 1.96 bits per heavy atom. The average Bonchev–Trinajstić information content (AvgIpc) is 2.33. The molecule has 0 heterocycles. The Kier molecular flexibility index (Phi) is 10.6. The summed E-state index contributed by atoms with van der Waals surface area (Å²) < 4.78 is 5.44. The summed E-state index contributed by atoms with van der Waals surface area (Å²) in [4.78, 5) is 13.9. The van der Waals surface area contributed by atoms with Gasteiger partial charge in [-0.1, -0.05) is 27.7 Å². The number of carbonyl (C=O) groups is 1. The van der Waals surface area contributed by atoms with Crippen molar-refractivity contribution in [3.05, 3.63) is 0 Å². The number of hydrogen-bond donors (Lipinski definition) is 2. The van der Waals surface area contributed by atoms with Gasteiger partial charge < -0.3 is 20.1 Å². The summed E-state index contributed by atoms with van der Waals surface area (Å²) in [6.45, 7) is 17.7. The minimum atomic E-state index is -0.570. The van der Waals surface area contributed by atoms with Crippen molar-refractivity contribution in [1.82, 2.24) is 10.2 Å². The smallest absolute Gasteiger partial charge is 0.410 e. The van der Waals surface area contributed by atoms with Crippen molar-refractivity contribution in [2.75, 3.05) is 19.6 Å². The summed E-state index contributed by atoms with van der Waals surface area (Å²) in [5.41, 5.74) is -0.528. The van der Waals surface area contributed by atoms with E-state index in [4.69, 9.17) is 4.74 Å². The number of hydrogen-bond acceptors (Lipinski definition) is 4. The maximum atomic E-state index is 12.3. The largest absolute Gasteiger partial charge is 0.444 e. The molecule has 144 valence electrons. The number of ether oxygens (including phenoxy) is 1. The Labute approximate surface area is 149 Å². The molecule has 0 aromatic rings. The number of amides is 1. The number of nitrogens with one attached hydrogen (secondary N) is 1. The highest BCUT2D eigenvalue weighted by atomic mass is 16.6. The zero-order valence-corrected chi connectivity index (χ0v) is 17.1. The van der Waals surface area contributed by atoms with Crippen LogP contribution in [0.3, 0.4) is 0 Å². The molecule has 5 nitrogen and oxygen atoms in total. The first-order chi connectivity index (χ1) is 10.9. The fraction of sp³-hybridized carbons (Fsp3) is 0.947. The van der Waals surface area contributed by atoms with Crippen LogP contribution >= 0.6 is 0 Å². The first-order valence-corrected chi connectivity index (χ1v) is 9.30. The van der Waals surface area contributed by atoms with Gasteiger partial charge in [0.15, 0.2) is 0 Å². The molecule has 0 spiro atoms. The molecule has 0 aliphatic carbocycles. The van der Waals surface area contributed by atoms with Crippen LogP contribution in [0, 0.1) is 11.8 Å². The monoisotopic (exact) mass is 344 g/mol. The van der Waals surface area contributed by atoms with E-state index in [0.717, 1.165) is 12.8 Å². The van der Waals surface area contributed by atoms with Gasteiger partial charge in [0.05, 0.1) is 6.10 Å². The molecule has 0 aliphatic rings. The second-order valence-electron chi connectivity index (χ2n) is 8.69. The second-order valence-corrected chi connectivity index (χ2v) is 8.69. The molecule has 1 unspecified atom stereocenters. The fourth-order valence-electron chi connectivity index (χ4n) is 2.71. The number of aliphatic hydroxyl groups excluding tert-OH is 1. The predicted molar refractivity (Wildman–Crippen MR) is 100 cm³/mol. The zero-order chi connectivity index (χ0) is 18.9. The van der Waals surface area contributed by atoms with Gasteiger partial charge in [-0.25, -0.2) is 4.79 Å². The highest BCUT2D eigenvalue weighted by molar-refractivity contribution is 5.68. The topological polar surface area (TPSA) is 61.8 Å². The highest BCUT2D eigenvalue weighted by Gasteiger charge is 2.23. The van der Waals surface area contributed by atoms with Gasteiger partial charge in [-0.3, -0.25) is 0 Å². The van der Waals surface area contributed by atoms with Gasteiger partial charge in [-0.05, 0) is 52.4 Å². The molecule has 5 heteroatoms. The standard InChI is InChI=1S/C19H40N2O3/c1-14(2)11-17(12-15(3)4)20-9-10-21(13-16(5)22)18(23)24-19(6,7)8/h14-17,20,22H,9-13H2,1-8H3. The third-order valence-electron chi connectivity index (χ3n) is 3.46. The Hall–Kier alpha value is -0.810. The van der Waals surface area contributed by atoms with Gasteiger partial charge in [0.2, 0.25) is 0 Å². The minimum absolute atomic E-state index is 0.287. The third-order valence-corrected chi connectivity index (χ3v) is 3.46. The van der Waals surface area contributed by atoms with Crippen LogP contribution in [0.15, 0.2) is 0 Å². The molecule has 2 N–H and O–H groups in total. The predicted octanol–water partition coefficient (Wildman–Crippen LogP) is 3.65. The summed E-state index contributed by atoms with van der Waals surface area (Å²) in [6.07, 6.45) is 1.32. The number of rotatable bonds is 10. The molecular weight excluding hydrogens is 304 g/mol. The van der Waals surface area contributed by atoms with E-state index in [1.807, 2.05) is 20.8 Å². The Balaban J connectivity index is 4.59.